The second-order valence-electron chi connectivity index (χ2n) is 4.63. The molecule has 6 nitrogen and oxygen atoms in total. The zero-order valence-corrected chi connectivity index (χ0v) is 12.6. The Hall–Kier alpha value is 0.370. The summed E-state index contributed by atoms with van der Waals surface area (Å²) in [6.07, 6.45) is -1.39. The third kappa shape index (κ3) is 5.16. The van der Waals surface area contributed by atoms with E-state index in [0.29, 0.717) is 0 Å². The Balaban J connectivity index is 4.75. The predicted molar refractivity (Wildman–Crippen MR) is 70.0 cm³/mol. The molecule has 9 heteroatoms. The molecule has 18 heavy (non-hydrogen) atoms. The largest absolute Gasteiger partial charge is 0.395 e. The fraction of sp³-hybridized carbons (Fsp3) is 1.00. The highest BCUT2D eigenvalue weighted by Gasteiger charge is 2.34. The number of nitrogens with zero attached hydrogens (tertiary/aromatic N) is 1. The Morgan fingerprint density at radius 1 is 1.22 bits per heavy atom. The van der Waals surface area contributed by atoms with Crippen molar-refractivity contribution in [2.45, 2.75) is 37.2 Å². The highest BCUT2D eigenvalue weighted by molar-refractivity contribution is 7.92. The summed E-state index contributed by atoms with van der Waals surface area (Å²) in [5.41, 5.74) is -0.764. The van der Waals surface area contributed by atoms with Crippen molar-refractivity contribution in [2.75, 3.05) is 19.0 Å². The van der Waals surface area contributed by atoms with E-state index < -0.39 is 39.9 Å². The summed E-state index contributed by atoms with van der Waals surface area (Å²) in [6, 6.07) is 0. The number of hydrogen-bond donors (Lipinski definition) is 3. The van der Waals surface area contributed by atoms with Gasteiger partial charge in [0.1, 0.15) is 5.25 Å². The molecule has 0 bridgehead atoms. The Bertz CT molecular complexity index is 347. The van der Waals surface area contributed by atoms with Crippen molar-refractivity contribution >= 4 is 33.4 Å². The molecule has 110 valence electrons. The third-order valence-corrected chi connectivity index (χ3v) is 5.79. The van der Waals surface area contributed by atoms with Crippen LogP contribution in [0.5, 0.6) is 0 Å². The maximum atomic E-state index is 11.9. The van der Waals surface area contributed by atoms with E-state index in [2.05, 4.69) is 0 Å². The fourth-order valence-electron chi connectivity index (χ4n) is 1.22. The SMILES string of the molecule is CC(C)(CCS(=O)(=O)C(CO)C(O)CO)N(Cl)Cl. The second-order valence-corrected chi connectivity index (χ2v) is 7.82. The molecule has 2 unspecified atom stereocenters. The molecule has 0 heterocycles. The van der Waals surface area contributed by atoms with Crippen molar-refractivity contribution in [3.05, 3.63) is 0 Å². The molecule has 0 fully saturated rings. The lowest BCUT2D eigenvalue weighted by atomic mass is 10.0. The van der Waals surface area contributed by atoms with Crippen LogP contribution in [-0.2, 0) is 9.84 Å². The molecule has 0 aromatic carbocycles. The van der Waals surface area contributed by atoms with Gasteiger partial charge in [0.05, 0.1) is 25.1 Å². The Morgan fingerprint density at radius 3 is 2.06 bits per heavy atom. The van der Waals surface area contributed by atoms with Gasteiger partial charge in [-0.25, -0.2) is 8.42 Å². The molecular formula is C9H19Cl2NO5S. The number of hydrogen-bond acceptors (Lipinski definition) is 6. The van der Waals surface area contributed by atoms with Crippen molar-refractivity contribution in [2.24, 2.45) is 0 Å². The maximum absolute atomic E-state index is 11.9. The first-order chi connectivity index (χ1) is 8.08. The van der Waals surface area contributed by atoms with E-state index in [1.165, 1.54) is 0 Å². The van der Waals surface area contributed by atoms with E-state index in [-0.39, 0.29) is 12.2 Å². The van der Waals surface area contributed by atoms with Crippen LogP contribution in [0.4, 0.5) is 0 Å². The van der Waals surface area contributed by atoms with Gasteiger partial charge in [0.25, 0.3) is 0 Å². The first-order valence-corrected chi connectivity index (χ1v) is 7.70. The monoisotopic (exact) mass is 323 g/mol. The highest BCUT2D eigenvalue weighted by atomic mass is 35.5. The Labute approximate surface area is 117 Å². The number of aliphatic hydroxyl groups is 3. The molecule has 0 rings (SSSR count). The highest BCUT2D eigenvalue weighted by Crippen LogP contribution is 2.25. The molecule has 0 aromatic heterocycles. The predicted octanol–water partition coefficient (Wildman–Crippen LogP) is -0.106. The lowest BCUT2D eigenvalue weighted by Crippen LogP contribution is -2.42. The van der Waals surface area contributed by atoms with E-state index in [4.69, 9.17) is 33.8 Å². The van der Waals surface area contributed by atoms with Crippen LogP contribution < -0.4 is 0 Å². The summed E-state index contributed by atoms with van der Waals surface area (Å²) in [4.78, 5) is 0. The van der Waals surface area contributed by atoms with E-state index in [1.807, 2.05) is 0 Å². The molecule has 0 aromatic rings. The van der Waals surface area contributed by atoms with E-state index >= 15 is 0 Å². The zero-order valence-electron chi connectivity index (χ0n) is 10.3. The van der Waals surface area contributed by atoms with Crippen molar-refractivity contribution in [3.63, 3.8) is 0 Å². The van der Waals surface area contributed by atoms with Crippen molar-refractivity contribution in [3.8, 4) is 0 Å². The molecule has 0 radical (unpaired) electrons. The first kappa shape index (κ1) is 18.4. The maximum Gasteiger partial charge on any atom is 0.158 e. The van der Waals surface area contributed by atoms with Crippen LogP contribution in [0.25, 0.3) is 0 Å². The van der Waals surface area contributed by atoms with Gasteiger partial charge in [-0.15, -0.1) is 3.94 Å². The van der Waals surface area contributed by atoms with Crippen molar-refractivity contribution in [1.29, 1.82) is 0 Å². The van der Waals surface area contributed by atoms with Gasteiger partial charge in [0.15, 0.2) is 9.84 Å². The normalized spacial score (nSPS) is 16.9. The molecule has 0 aliphatic rings. The average Bonchev–Trinajstić information content (AvgIpc) is 2.26. The number of sulfone groups is 1. The van der Waals surface area contributed by atoms with Crippen LogP contribution in [0.15, 0.2) is 0 Å². The van der Waals surface area contributed by atoms with Gasteiger partial charge < -0.3 is 15.3 Å². The van der Waals surface area contributed by atoms with E-state index in [9.17, 15) is 13.5 Å². The Morgan fingerprint density at radius 2 is 1.72 bits per heavy atom. The quantitative estimate of drug-likeness (QED) is 0.539. The van der Waals surface area contributed by atoms with E-state index in [1.54, 1.807) is 13.8 Å². The Kier molecular flexibility index (Phi) is 7.38. The van der Waals surface area contributed by atoms with Gasteiger partial charge in [-0.05, 0) is 43.8 Å². The summed E-state index contributed by atoms with van der Waals surface area (Å²) in [7, 11) is -3.75. The summed E-state index contributed by atoms with van der Waals surface area (Å²) in [5, 5.41) is 25.7. The molecular weight excluding hydrogens is 305 g/mol. The number of aliphatic hydroxyl groups excluding tert-OH is 3. The van der Waals surface area contributed by atoms with Gasteiger partial charge in [0.2, 0.25) is 0 Å². The first-order valence-electron chi connectivity index (χ1n) is 5.31. The minimum absolute atomic E-state index is 0.122. The van der Waals surface area contributed by atoms with Gasteiger partial charge in [0, 0.05) is 5.54 Å². The van der Waals surface area contributed by atoms with Crippen molar-refractivity contribution in [1.82, 2.24) is 3.94 Å². The number of halogens is 2. The molecule has 3 N–H and O–H groups in total. The summed E-state index contributed by atoms with van der Waals surface area (Å²) >= 11 is 11.1. The van der Waals surface area contributed by atoms with Gasteiger partial charge >= 0.3 is 0 Å². The fourth-order valence-corrected chi connectivity index (χ4v) is 3.27. The van der Waals surface area contributed by atoms with Crippen LogP contribution in [0, 0.1) is 0 Å². The van der Waals surface area contributed by atoms with Crippen LogP contribution in [-0.4, -0.2) is 63.5 Å². The molecule has 0 amide bonds. The summed E-state index contributed by atoms with van der Waals surface area (Å²) in [6.45, 7) is 1.82. The van der Waals surface area contributed by atoms with Crippen LogP contribution in [0.3, 0.4) is 0 Å². The summed E-state index contributed by atoms with van der Waals surface area (Å²) in [5.74, 6) is -0.307. The standard InChI is InChI=1S/C9H19Cl2NO5S/c1-9(2,12(10)11)3-4-18(16,17)8(6-14)7(15)5-13/h7-8,13-15H,3-6H2,1-2H3. The van der Waals surface area contributed by atoms with Crippen LogP contribution >= 0.6 is 23.6 Å². The topological polar surface area (TPSA) is 98.1 Å². The minimum Gasteiger partial charge on any atom is -0.395 e. The molecule has 0 saturated heterocycles. The van der Waals surface area contributed by atoms with E-state index in [0.717, 1.165) is 3.94 Å². The van der Waals surface area contributed by atoms with Gasteiger partial charge in [-0.2, -0.15) is 0 Å². The molecule has 0 spiro atoms. The molecule has 2 atom stereocenters. The molecule has 0 aliphatic carbocycles. The van der Waals surface area contributed by atoms with Crippen LogP contribution in [0.2, 0.25) is 0 Å². The third-order valence-electron chi connectivity index (χ3n) is 2.71. The minimum atomic E-state index is -3.75. The number of rotatable bonds is 8. The lowest BCUT2D eigenvalue weighted by Gasteiger charge is -2.28. The average molecular weight is 324 g/mol. The van der Waals surface area contributed by atoms with Gasteiger partial charge in [-0.3, -0.25) is 0 Å². The lowest BCUT2D eigenvalue weighted by molar-refractivity contribution is 0.0749. The molecule has 0 aliphatic heterocycles. The van der Waals surface area contributed by atoms with Crippen LogP contribution in [0.1, 0.15) is 20.3 Å². The second kappa shape index (κ2) is 7.23. The molecule has 0 saturated carbocycles. The van der Waals surface area contributed by atoms with Crippen molar-refractivity contribution < 1.29 is 23.7 Å². The summed E-state index contributed by atoms with van der Waals surface area (Å²) < 4.78 is 24.7. The zero-order chi connectivity index (χ0) is 14.6. The smallest absolute Gasteiger partial charge is 0.158 e. The van der Waals surface area contributed by atoms with Gasteiger partial charge in [-0.1, -0.05) is 0 Å².